The van der Waals surface area contributed by atoms with Crippen LogP contribution in [-0.4, -0.2) is 35.8 Å². The zero-order valence-corrected chi connectivity index (χ0v) is 28.8. The molecule has 0 heterocycles. The zero-order chi connectivity index (χ0) is 30.3. The van der Waals surface area contributed by atoms with Crippen LogP contribution in [-0.2, 0) is 15.7 Å². The molecule has 228 valence electrons. The number of carbonyl (C=O) groups is 2. The summed E-state index contributed by atoms with van der Waals surface area (Å²) in [7, 11) is -2.04. The maximum absolute atomic E-state index is 14.0. The molecule has 0 saturated carbocycles. The van der Waals surface area contributed by atoms with Crippen LogP contribution in [0.2, 0.25) is 0 Å². The maximum atomic E-state index is 14.0. The molecule has 3 rings (SSSR count). The van der Waals surface area contributed by atoms with Crippen LogP contribution in [0.15, 0.2) is 91.0 Å². The third-order valence-electron chi connectivity index (χ3n) is 7.23. The minimum atomic E-state index is -2.04. The van der Waals surface area contributed by atoms with Gasteiger partial charge in [0.2, 0.25) is 5.91 Å². The van der Waals surface area contributed by atoms with E-state index in [0.717, 1.165) is 12.3 Å². The highest BCUT2D eigenvalue weighted by atomic mass is 79.9. The number of carbonyl (C=O) groups excluding carboxylic acids is 2. The van der Waals surface area contributed by atoms with Crippen LogP contribution in [0.1, 0.15) is 61.0 Å². The van der Waals surface area contributed by atoms with E-state index in [-0.39, 0.29) is 34.8 Å². The third-order valence-corrected chi connectivity index (χ3v) is 11.7. The summed E-state index contributed by atoms with van der Waals surface area (Å²) in [5.74, 6) is -0.0235. The summed E-state index contributed by atoms with van der Waals surface area (Å²) in [6.07, 6.45) is 1.09. The molecule has 2 N–H and O–H groups in total. The standard InChI is InChI=1S/C35H47N2O3P.BrH/c1-26(2)30(36-32(38)31(34(3,4)5)37-33(39)40-35(6,7)8)25-41(28-20-14-10-15-21-28,29-22-16-11-17-23-29)24-27-18-12-9-13-19-27;/h9-23,26,30-31H,24-25H2,1-8H3,(H-,36,37,38,39);1H/t30-,31?;/m1./s1. The second-order valence-corrected chi connectivity index (χ2v) is 16.9. The van der Waals surface area contributed by atoms with Gasteiger partial charge in [0.1, 0.15) is 11.6 Å². The predicted octanol–water partition coefficient (Wildman–Crippen LogP) is 3.94. The highest BCUT2D eigenvalue weighted by Gasteiger charge is 2.46. The van der Waals surface area contributed by atoms with Crippen molar-refractivity contribution in [1.29, 1.82) is 0 Å². The Morgan fingerprint density at radius 3 is 1.60 bits per heavy atom. The number of halogens is 1. The van der Waals surface area contributed by atoms with Gasteiger partial charge in [-0.1, -0.05) is 101 Å². The van der Waals surface area contributed by atoms with Gasteiger partial charge >= 0.3 is 6.09 Å². The Labute approximate surface area is 264 Å². The Kier molecular flexibility index (Phi) is 12.8. The van der Waals surface area contributed by atoms with Crippen LogP contribution >= 0.6 is 7.26 Å². The highest BCUT2D eigenvalue weighted by molar-refractivity contribution is 7.88. The normalized spacial score (nSPS) is 13.5. The number of hydrogen-bond acceptors (Lipinski definition) is 3. The lowest BCUT2D eigenvalue weighted by atomic mass is 9.86. The van der Waals surface area contributed by atoms with E-state index in [1.165, 1.54) is 16.2 Å². The van der Waals surface area contributed by atoms with Crippen molar-refractivity contribution in [2.75, 3.05) is 6.16 Å². The smallest absolute Gasteiger partial charge is 0.408 e. The monoisotopic (exact) mass is 654 g/mol. The molecular formula is C35H48BrN2O3P. The van der Waals surface area contributed by atoms with Crippen molar-refractivity contribution in [3.63, 3.8) is 0 Å². The number of nitrogens with one attached hydrogen (secondary N) is 2. The van der Waals surface area contributed by atoms with Gasteiger partial charge in [-0.05, 0) is 61.9 Å². The molecular weight excluding hydrogens is 607 g/mol. The Bertz CT molecular complexity index is 1220. The van der Waals surface area contributed by atoms with Gasteiger partial charge in [0.25, 0.3) is 0 Å². The molecule has 2 atom stereocenters. The molecule has 0 aliphatic carbocycles. The van der Waals surface area contributed by atoms with E-state index in [0.29, 0.717) is 0 Å². The van der Waals surface area contributed by atoms with Gasteiger partial charge in [-0.2, -0.15) is 0 Å². The molecule has 0 aromatic heterocycles. The SMILES string of the molecule is CC(C)[C@@H](C[P+](Cc1ccccc1)(c1ccccc1)c1ccccc1)NC(=O)C(NC(=O)OC(C)(C)C)C(C)(C)C.[Br-]. The number of rotatable bonds is 10. The Morgan fingerprint density at radius 2 is 1.19 bits per heavy atom. The third kappa shape index (κ3) is 9.95. The molecule has 42 heavy (non-hydrogen) atoms. The Balaban J connectivity index is 0.00000616. The number of amides is 2. The Morgan fingerprint density at radius 1 is 0.738 bits per heavy atom. The quantitative estimate of drug-likeness (QED) is 0.326. The lowest BCUT2D eigenvalue weighted by Crippen LogP contribution is -3.00. The van der Waals surface area contributed by atoms with Crippen molar-refractivity contribution >= 4 is 29.9 Å². The molecule has 3 aromatic rings. The summed E-state index contributed by atoms with van der Waals surface area (Å²) in [5.41, 5.74) is 0.107. The summed E-state index contributed by atoms with van der Waals surface area (Å²) in [6, 6.07) is 31.3. The van der Waals surface area contributed by atoms with Crippen molar-refractivity contribution in [3.8, 4) is 0 Å². The van der Waals surface area contributed by atoms with Crippen molar-refractivity contribution in [1.82, 2.24) is 10.6 Å². The van der Waals surface area contributed by atoms with Crippen LogP contribution in [0.25, 0.3) is 0 Å². The van der Waals surface area contributed by atoms with Gasteiger partial charge in [-0.3, -0.25) is 4.79 Å². The van der Waals surface area contributed by atoms with Gasteiger partial charge in [0.05, 0.1) is 36.2 Å². The number of benzene rings is 3. The topological polar surface area (TPSA) is 67.4 Å². The van der Waals surface area contributed by atoms with E-state index in [9.17, 15) is 9.59 Å². The molecule has 5 nitrogen and oxygen atoms in total. The zero-order valence-electron chi connectivity index (χ0n) is 26.4. The second-order valence-electron chi connectivity index (χ2n) is 13.3. The first kappa shape index (κ1) is 35.5. The average molecular weight is 656 g/mol. The Hall–Kier alpha value is -2.69. The van der Waals surface area contributed by atoms with Crippen LogP contribution in [0.4, 0.5) is 4.79 Å². The largest absolute Gasteiger partial charge is 1.00 e. The van der Waals surface area contributed by atoms with E-state index in [1.54, 1.807) is 0 Å². The number of hydrogen-bond donors (Lipinski definition) is 2. The molecule has 0 spiro atoms. The lowest BCUT2D eigenvalue weighted by Gasteiger charge is -2.36. The first-order valence-corrected chi connectivity index (χ1v) is 16.7. The fourth-order valence-electron chi connectivity index (χ4n) is 5.05. The second kappa shape index (κ2) is 15.2. The van der Waals surface area contributed by atoms with Gasteiger partial charge < -0.3 is 32.4 Å². The average Bonchev–Trinajstić information content (AvgIpc) is 2.90. The summed E-state index contributed by atoms with van der Waals surface area (Å²) < 4.78 is 5.50. The molecule has 0 bridgehead atoms. The van der Waals surface area contributed by atoms with Gasteiger partial charge in [-0.25, -0.2) is 4.79 Å². The minimum Gasteiger partial charge on any atom is -1.00 e. The molecule has 7 heteroatoms. The van der Waals surface area contributed by atoms with E-state index in [4.69, 9.17) is 4.74 Å². The van der Waals surface area contributed by atoms with Gasteiger partial charge in [0.15, 0.2) is 0 Å². The lowest BCUT2D eigenvalue weighted by molar-refractivity contribution is -0.126. The molecule has 1 unspecified atom stereocenters. The minimum absolute atomic E-state index is 0. The number of ether oxygens (including phenoxy) is 1. The van der Waals surface area contributed by atoms with Gasteiger partial charge in [-0.15, -0.1) is 0 Å². The van der Waals surface area contributed by atoms with E-state index >= 15 is 0 Å². The predicted molar refractivity (Wildman–Crippen MR) is 173 cm³/mol. The van der Waals surface area contributed by atoms with Crippen molar-refractivity contribution in [2.45, 2.75) is 79.2 Å². The highest BCUT2D eigenvalue weighted by Crippen LogP contribution is 2.60. The van der Waals surface area contributed by atoms with Crippen molar-refractivity contribution < 1.29 is 31.3 Å². The molecule has 0 fully saturated rings. The fourth-order valence-corrected chi connectivity index (χ4v) is 9.77. The van der Waals surface area contributed by atoms with Crippen LogP contribution in [0.5, 0.6) is 0 Å². The van der Waals surface area contributed by atoms with Crippen molar-refractivity contribution in [2.24, 2.45) is 11.3 Å². The molecule has 0 saturated heterocycles. The molecule has 3 aromatic carbocycles. The van der Waals surface area contributed by atoms with Gasteiger partial charge in [0, 0.05) is 0 Å². The van der Waals surface area contributed by atoms with E-state index in [2.05, 4.69) is 115 Å². The molecule has 0 radical (unpaired) electrons. The molecule has 2 amide bonds. The van der Waals surface area contributed by atoms with E-state index < -0.39 is 30.4 Å². The summed E-state index contributed by atoms with van der Waals surface area (Å²) >= 11 is 0. The maximum Gasteiger partial charge on any atom is 0.408 e. The first-order chi connectivity index (χ1) is 19.2. The summed E-state index contributed by atoms with van der Waals surface area (Å²) in [6.45, 7) is 15.6. The van der Waals surface area contributed by atoms with E-state index in [1.807, 2.05) is 41.5 Å². The fraction of sp³-hybridized carbons (Fsp3) is 0.429. The molecule has 0 aliphatic rings. The van der Waals surface area contributed by atoms with Crippen LogP contribution in [0, 0.1) is 11.3 Å². The summed E-state index contributed by atoms with van der Waals surface area (Å²) in [5, 5.41) is 8.88. The molecule has 0 aliphatic heterocycles. The van der Waals surface area contributed by atoms with Crippen LogP contribution < -0.4 is 38.2 Å². The van der Waals surface area contributed by atoms with Crippen molar-refractivity contribution in [3.05, 3.63) is 96.6 Å². The summed E-state index contributed by atoms with van der Waals surface area (Å²) in [4.78, 5) is 26.7. The van der Waals surface area contributed by atoms with Crippen LogP contribution in [0.3, 0.4) is 0 Å². The number of alkyl carbamates (subject to hydrolysis) is 1. The first-order valence-electron chi connectivity index (χ1n) is 14.5.